The molecule has 0 aliphatic rings. The molecule has 0 spiro atoms. The predicted octanol–water partition coefficient (Wildman–Crippen LogP) is 1.83. The Morgan fingerprint density at radius 3 is 2.31 bits per heavy atom. The molecule has 0 unspecified atom stereocenters. The summed E-state index contributed by atoms with van der Waals surface area (Å²) in [6.45, 7) is 0. The molecular weight excluding hydrogens is 164 g/mol. The van der Waals surface area contributed by atoms with Crippen LogP contribution in [0.3, 0.4) is 0 Å². The fourth-order valence-corrected chi connectivity index (χ4v) is 1.34. The second-order valence-electron chi connectivity index (χ2n) is 2.86. The van der Waals surface area contributed by atoms with Crippen molar-refractivity contribution in [3.63, 3.8) is 0 Å². The van der Waals surface area contributed by atoms with E-state index in [1.807, 2.05) is 30.3 Å². The molecule has 66 valence electrons. The summed E-state index contributed by atoms with van der Waals surface area (Å²) in [6, 6.07) is 11.3. The molecule has 4 N–H and O–H groups in total. The maximum absolute atomic E-state index is 9.47. The fraction of sp³-hybridized carbons (Fsp3) is 0. The number of phenols is 1. The van der Waals surface area contributed by atoms with E-state index in [2.05, 4.69) is 5.43 Å². The number of fused-ring (bicyclic) bond motifs is 1. The Morgan fingerprint density at radius 1 is 1.08 bits per heavy atom. The van der Waals surface area contributed by atoms with Gasteiger partial charge in [0.15, 0.2) is 0 Å². The van der Waals surface area contributed by atoms with Crippen molar-refractivity contribution in [2.24, 2.45) is 5.84 Å². The molecule has 0 bridgehead atoms. The van der Waals surface area contributed by atoms with E-state index in [1.54, 1.807) is 6.07 Å². The lowest BCUT2D eigenvalue weighted by Crippen LogP contribution is -2.06. The zero-order chi connectivity index (χ0) is 9.26. The van der Waals surface area contributed by atoms with E-state index >= 15 is 0 Å². The molecule has 0 saturated heterocycles. The van der Waals surface area contributed by atoms with Gasteiger partial charge in [-0.2, -0.15) is 0 Å². The van der Waals surface area contributed by atoms with Crippen LogP contribution in [-0.2, 0) is 0 Å². The van der Waals surface area contributed by atoms with Crippen LogP contribution in [-0.4, -0.2) is 5.11 Å². The van der Waals surface area contributed by atoms with Gasteiger partial charge in [-0.1, -0.05) is 24.3 Å². The normalized spacial score (nSPS) is 10.2. The summed E-state index contributed by atoms with van der Waals surface area (Å²) in [5.74, 6) is 5.40. The average molecular weight is 174 g/mol. The number of hydrogen-bond acceptors (Lipinski definition) is 3. The zero-order valence-corrected chi connectivity index (χ0v) is 6.99. The molecule has 0 aliphatic heterocycles. The third-order valence-electron chi connectivity index (χ3n) is 2.02. The van der Waals surface area contributed by atoms with Crippen molar-refractivity contribution in [2.45, 2.75) is 0 Å². The number of phenolic OH excluding ortho intramolecular Hbond substituents is 1. The minimum atomic E-state index is 0.168. The third-order valence-corrected chi connectivity index (χ3v) is 2.02. The third kappa shape index (κ3) is 1.29. The standard InChI is InChI=1S/C10H10N2O/c11-12-9-5-7-3-1-2-4-8(7)6-10(9)13/h1-6,12-13H,11H2. The van der Waals surface area contributed by atoms with Crippen LogP contribution < -0.4 is 11.3 Å². The lowest BCUT2D eigenvalue weighted by atomic mass is 10.1. The fourth-order valence-electron chi connectivity index (χ4n) is 1.34. The predicted molar refractivity (Wildman–Crippen MR) is 53.4 cm³/mol. The van der Waals surface area contributed by atoms with E-state index in [0.29, 0.717) is 5.69 Å². The summed E-state index contributed by atoms with van der Waals surface area (Å²) in [5, 5.41) is 11.5. The number of benzene rings is 2. The average Bonchev–Trinajstić information content (AvgIpc) is 2.17. The second kappa shape index (κ2) is 2.95. The van der Waals surface area contributed by atoms with Crippen LogP contribution in [0.1, 0.15) is 0 Å². The Morgan fingerprint density at radius 2 is 1.69 bits per heavy atom. The first-order valence-electron chi connectivity index (χ1n) is 3.99. The molecule has 0 fully saturated rings. The van der Waals surface area contributed by atoms with Crippen LogP contribution in [0.25, 0.3) is 10.8 Å². The quantitative estimate of drug-likeness (QED) is 0.351. The molecule has 3 nitrogen and oxygen atoms in total. The molecule has 2 rings (SSSR count). The van der Waals surface area contributed by atoms with Crippen molar-refractivity contribution in [3.05, 3.63) is 36.4 Å². The summed E-state index contributed by atoms with van der Waals surface area (Å²) in [4.78, 5) is 0. The number of rotatable bonds is 1. The Labute approximate surface area is 75.8 Å². The van der Waals surface area contributed by atoms with Crippen molar-refractivity contribution in [2.75, 3.05) is 5.43 Å². The molecule has 0 aromatic heterocycles. The summed E-state index contributed by atoms with van der Waals surface area (Å²) in [5.41, 5.74) is 2.98. The topological polar surface area (TPSA) is 58.3 Å². The molecule has 3 heteroatoms. The van der Waals surface area contributed by atoms with Crippen LogP contribution in [0.15, 0.2) is 36.4 Å². The van der Waals surface area contributed by atoms with Gasteiger partial charge in [0.25, 0.3) is 0 Å². The second-order valence-corrected chi connectivity index (χ2v) is 2.86. The van der Waals surface area contributed by atoms with Crippen molar-refractivity contribution in [3.8, 4) is 5.75 Å². The molecule has 0 atom stereocenters. The van der Waals surface area contributed by atoms with E-state index < -0.39 is 0 Å². The van der Waals surface area contributed by atoms with Gasteiger partial charge in [0.05, 0.1) is 5.69 Å². The van der Waals surface area contributed by atoms with Gasteiger partial charge in [-0.3, -0.25) is 5.84 Å². The molecule has 0 radical (unpaired) electrons. The molecule has 0 saturated carbocycles. The van der Waals surface area contributed by atoms with Crippen LogP contribution in [0.4, 0.5) is 5.69 Å². The van der Waals surface area contributed by atoms with E-state index in [0.717, 1.165) is 10.8 Å². The highest BCUT2D eigenvalue weighted by atomic mass is 16.3. The highest BCUT2D eigenvalue weighted by Gasteiger charge is 2.00. The van der Waals surface area contributed by atoms with Crippen LogP contribution in [0.5, 0.6) is 5.75 Å². The molecule has 0 heterocycles. The van der Waals surface area contributed by atoms with E-state index in [9.17, 15) is 5.11 Å². The van der Waals surface area contributed by atoms with Gasteiger partial charge in [-0.25, -0.2) is 0 Å². The summed E-state index contributed by atoms with van der Waals surface area (Å²) in [6.07, 6.45) is 0. The molecule has 2 aromatic rings. The molecular formula is C10H10N2O. The van der Waals surface area contributed by atoms with Crippen molar-refractivity contribution in [1.29, 1.82) is 0 Å². The summed E-state index contributed by atoms with van der Waals surface area (Å²) >= 11 is 0. The number of anilines is 1. The van der Waals surface area contributed by atoms with Crippen LogP contribution in [0, 0.1) is 0 Å². The van der Waals surface area contributed by atoms with Crippen LogP contribution >= 0.6 is 0 Å². The van der Waals surface area contributed by atoms with Gasteiger partial charge in [0.2, 0.25) is 0 Å². The Hall–Kier alpha value is -1.74. The number of hydrogen-bond donors (Lipinski definition) is 3. The zero-order valence-electron chi connectivity index (χ0n) is 6.99. The van der Waals surface area contributed by atoms with Crippen molar-refractivity contribution in [1.82, 2.24) is 0 Å². The number of nitrogens with two attached hydrogens (primary N) is 1. The highest BCUT2D eigenvalue weighted by Crippen LogP contribution is 2.28. The largest absolute Gasteiger partial charge is 0.506 e. The van der Waals surface area contributed by atoms with Gasteiger partial charge in [-0.05, 0) is 22.9 Å². The number of hydrazine groups is 1. The van der Waals surface area contributed by atoms with E-state index in [1.165, 1.54) is 0 Å². The molecule has 0 aliphatic carbocycles. The van der Waals surface area contributed by atoms with Crippen molar-refractivity contribution >= 4 is 16.5 Å². The van der Waals surface area contributed by atoms with Gasteiger partial charge >= 0.3 is 0 Å². The maximum atomic E-state index is 9.47. The number of aromatic hydroxyl groups is 1. The van der Waals surface area contributed by atoms with Gasteiger partial charge in [0, 0.05) is 0 Å². The molecule has 13 heavy (non-hydrogen) atoms. The van der Waals surface area contributed by atoms with E-state index in [4.69, 9.17) is 5.84 Å². The summed E-state index contributed by atoms with van der Waals surface area (Å²) < 4.78 is 0. The lowest BCUT2D eigenvalue weighted by Gasteiger charge is -2.05. The van der Waals surface area contributed by atoms with Crippen molar-refractivity contribution < 1.29 is 5.11 Å². The first kappa shape index (κ1) is 7.89. The smallest absolute Gasteiger partial charge is 0.140 e. The Balaban J connectivity index is 2.74. The van der Waals surface area contributed by atoms with E-state index in [-0.39, 0.29) is 5.75 Å². The summed E-state index contributed by atoms with van der Waals surface area (Å²) in [7, 11) is 0. The minimum absolute atomic E-state index is 0.168. The van der Waals surface area contributed by atoms with Gasteiger partial charge < -0.3 is 10.5 Å². The van der Waals surface area contributed by atoms with Gasteiger partial charge in [0.1, 0.15) is 5.75 Å². The number of nitrogens with one attached hydrogen (secondary N) is 1. The molecule has 2 aromatic carbocycles. The monoisotopic (exact) mass is 174 g/mol. The molecule has 0 amide bonds. The lowest BCUT2D eigenvalue weighted by molar-refractivity contribution is 0.478. The maximum Gasteiger partial charge on any atom is 0.140 e. The highest BCUT2D eigenvalue weighted by molar-refractivity contribution is 5.88. The Kier molecular flexibility index (Phi) is 1.79. The first-order chi connectivity index (χ1) is 6.31. The van der Waals surface area contributed by atoms with Crippen LogP contribution in [0.2, 0.25) is 0 Å². The number of nitrogen functional groups attached to an aromatic ring is 1. The minimum Gasteiger partial charge on any atom is -0.506 e. The first-order valence-corrected chi connectivity index (χ1v) is 3.99. The van der Waals surface area contributed by atoms with Gasteiger partial charge in [-0.15, -0.1) is 0 Å². The Bertz CT molecular complexity index is 440. The SMILES string of the molecule is NNc1cc2ccccc2cc1O.